The molecule has 0 N–H and O–H groups in total. The van der Waals surface area contributed by atoms with Gasteiger partial charge < -0.3 is 0 Å². The summed E-state index contributed by atoms with van der Waals surface area (Å²) in [5, 5.41) is 0. The lowest BCUT2D eigenvalue weighted by molar-refractivity contribution is -0.126. The van der Waals surface area contributed by atoms with Gasteiger partial charge >= 0.3 is 0 Å². The summed E-state index contributed by atoms with van der Waals surface area (Å²) < 4.78 is 0. The highest BCUT2D eigenvalue weighted by Crippen LogP contribution is 2.59. The van der Waals surface area contributed by atoms with Crippen LogP contribution in [0.5, 0.6) is 0 Å². The van der Waals surface area contributed by atoms with E-state index in [0.29, 0.717) is 0 Å². The fraction of sp³-hybridized carbons (Fsp3) is 1.00. The average Bonchev–Trinajstić information content (AvgIpc) is 3.15. The molecule has 0 aromatic carbocycles. The van der Waals surface area contributed by atoms with Gasteiger partial charge in [0.1, 0.15) is 0 Å². The lowest BCUT2D eigenvalue weighted by atomic mass is 9.50. The van der Waals surface area contributed by atoms with E-state index < -0.39 is 0 Å². The molecule has 10 atom stereocenters. The monoisotopic (exact) mass is 689 g/mol. The zero-order valence-electron chi connectivity index (χ0n) is 33.9. The van der Waals surface area contributed by atoms with Crippen LogP contribution in [0.2, 0.25) is 0 Å². The van der Waals surface area contributed by atoms with E-state index in [1.54, 1.807) is 38.5 Å². The van der Waals surface area contributed by atoms with Crippen LogP contribution in [-0.4, -0.2) is 46.1 Å². The van der Waals surface area contributed by atoms with Crippen LogP contribution in [0.4, 0.5) is 0 Å². The lowest BCUT2D eigenvalue weighted by Crippen LogP contribution is -2.63. The van der Waals surface area contributed by atoms with Crippen LogP contribution in [-0.2, 0) is 0 Å². The molecule has 0 aromatic heterocycles. The van der Waals surface area contributed by atoms with E-state index in [-0.39, 0.29) is 0 Å². The first-order valence-electron chi connectivity index (χ1n) is 24.0. The molecular weight excluding hydrogens is 605 g/mol. The molecule has 8 aliphatic carbocycles. The summed E-state index contributed by atoms with van der Waals surface area (Å²) >= 11 is 0. The van der Waals surface area contributed by atoms with Crippen LogP contribution in [0.15, 0.2) is 0 Å². The fourth-order valence-corrected chi connectivity index (χ4v) is 16.0. The zero-order valence-corrected chi connectivity index (χ0v) is 33.9. The smallest absolute Gasteiger partial charge is 0.0158 e. The molecule has 0 heterocycles. The van der Waals surface area contributed by atoms with Crippen LogP contribution < -0.4 is 0 Å². The van der Waals surface area contributed by atoms with Crippen molar-refractivity contribution in [1.82, 2.24) is 9.80 Å². The standard InChI is InChI=1S/C48H84N2/c1-33-23-27-39(28-24-33)49(37-15-7-5-8-16-37)47-35(3)31-45(41-19-11-13-21-43(41)47)46-32-36(4)48(44-22-14-12-20-42(44)46)50(38-17-9-6-10-18-38)40-29-25-34(2)26-30-40/h33-48H,5-32H2,1-4H3. The number of fused-ring (bicyclic) bond motifs is 2. The molecule has 0 bridgehead atoms. The van der Waals surface area contributed by atoms with E-state index in [1.807, 2.05) is 0 Å². The summed E-state index contributed by atoms with van der Waals surface area (Å²) in [7, 11) is 0. The fourth-order valence-electron chi connectivity index (χ4n) is 16.0. The second kappa shape index (κ2) is 16.7. The van der Waals surface area contributed by atoms with Crippen molar-refractivity contribution < 1.29 is 0 Å². The van der Waals surface area contributed by atoms with Gasteiger partial charge in [0, 0.05) is 36.3 Å². The van der Waals surface area contributed by atoms with Crippen molar-refractivity contribution in [3.8, 4) is 0 Å². The second-order valence-corrected chi connectivity index (χ2v) is 21.3. The first-order chi connectivity index (χ1) is 24.5. The van der Waals surface area contributed by atoms with Crippen molar-refractivity contribution >= 4 is 0 Å². The molecule has 0 radical (unpaired) electrons. The summed E-state index contributed by atoms with van der Waals surface area (Å²) in [4.78, 5) is 6.73. The molecule has 2 heteroatoms. The van der Waals surface area contributed by atoms with E-state index in [0.717, 1.165) is 95.4 Å². The van der Waals surface area contributed by atoms with Crippen molar-refractivity contribution in [3.05, 3.63) is 0 Å². The SMILES string of the molecule is CC1CCC(N(C2CCCCC2)C2C(C)CC(C3CC(C)C(N(C4CCCCC4)C4CCC(C)CC4)C4CCCCC34)C3CCCCC32)CC1. The van der Waals surface area contributed by atoms with Crippen molar-refractivity contribution in [2.24, 2.45) is 59.2 Å². The van der Waals surface area contributed by atoms with Gasteiger partial charge in [-0.1, -0.05) is 91.9 Å². The maximum atomic E-state index is 3.37. The minimum absolute atomic E-state index is 0.893. The van der Waals surface area contributed by atoms with Crippen LogP contribution in [0.3, 0.4) is 0 Å². The summed E-state index contributed by atoms with van der Waals surface area (Å²) in [6.07, 6.45) is 42.7. The molecule has 0 amide bonds. The molecule has 0 aliphatic heterocycles. The highest BCUT2D eigenvalue weighted by atomic mass is 15.2. The Bertz CT molecular complexity index is 945. The summed E-state index contributed by atoms with van der Waals surface area (Å²) in [5.41, 5.74) is 0. The van der Waals surface area contributed by atoms with Gasteiger partial charge in [-0.25, -0.2) is 0 Å². The Balaban J connectivity index is 1.07. The Morgan fingerprint density at radius 1 is 0.280 bits per heavy atom. The largest absolute Gasteiger partial charge is 0.294 e. The third-order valence-corrected chi connectivity index (χ3v) is 18.2. The number of rotatable bonds is 7. The van der Waals surface area contributed by atoms with E-state index in [9.17, 15) is 0 Å². The molecule has 8 rings (SSSR count). The Kier molecular flexibility index (Phi) is 12.3. The molecular formula is C48H84N2. The quantitative estimate of drug-likeness (QED) is 0.263. The van der Waals surface area contributed by atoms with Crippen molar-refractivity contribution in [2.45, 2.75) is 244 Å². The van der Waals surface area contributed by atoms with Crippen LogP contribution in [0, 0.1) is 59.2 Å². The van der Waals surface area contributed by atoms with Gasteiger partial charge in [-0.2, -0.15) is 0 Å². The van der Waals surface area contributed by atoms with Gasteiger partial charge in [-0.3, -0.25) is 9.80 Å². The van der Waals surface area contributed by atoms with E-state index in [1.165, 1.54) is 141 Å². The summed E-state index contributed by atoms with van der Waals surface area (Å²) in [6, 6.07) is 5.38. The molecule has 8 fully saturated rings. The zero-order chi connectivity index (χ0) is 34.2. The molecule has 8 aliphatic rings. The average molecular weight is 689 g/mol. The summed E-state index contributed by atoms with van der Waals surface area (Å²) in [6.45, 7) is 10.7. The first kappa shape index (κ1) is 36.9. The third kappa shape index (κ3) is 7.59. The predicted molar refractivity (Wildman–Crippen MR) is 213 cm³/mol. The molecule has 0 spiro atoms. The minimum atomic E-state index is 0.893. The first-order valence-corrected chi connectivity index (χ1v) is 24.0. The number of hydrogen-bond donors (Lipinski definition) is 0. The van der Waals surface area contributed by atoms with Gasteiger partial charge in [-0.05, 0) is 175 Å². The van der Waals surface area contributed by atoms with Gasteiger partial charge in [0.2, 0.25) is 0 Å². The van der Waals surface area contributed by atoms with Crippen LogP contribution in [0.1, 0.15) is 207 Å². The minimum Gasteiger partial charge on any atom is -0.294 e. The lowest BCUT2D eigenvalue weighted by Gasteiger charge is -2.62. The van der Waals surface area contributed by atoms with Crippen molar-refractivity contribution in [1.29, 1.82) is 0 Å². The van der Waals surface area contributed by atoms with Crippen LogP contribution in [0.25, 0.3) is 0 Å². The molecule has 10 unspecified atom stereocenters. The van der Waals surface area contributed by atoms with E-state index >= 15 is 0 Å². The summed E-state index contributed by atoms with van der Waals surface area (Å²) in [5.74, 6) is 9.84. The second-order valence-electron chi connectivity index (χ2n) is 21.3. The number of hydrogen-bond acceptors (Lipinski definition) is 2. The predicted octanol–water partition coefficient (Wildman–Crippen LogP) is 13.1. The normalized spacial score (nSPS) is 47.2. The maximum Gasteiger partial charge on any atom is 0.0158 e. The van der Waals surface area contributed by atoms with Crippen molar-refractivity contribution in [3.63, 3.8) is 0 Å². The molecule has 0 aromatic rings. The molecule has 0 saturated heterocycles. The van der Waals surface area contributed by atoms with Gasteiger partial charge in [0.25, 0.3) is 0 Å². The van der Waals surface area contributed by atoms with Gasteiger partial charge in [0.05, 0.1) is 0 Å². The molecule has 2 nitrogen and oxygen atoms in total. The highest BCUT2D eigenvalue weighted by Gasteiger charge is 2.56. The Morgan fingerprint density at radius 2 is 0.580 bits per heavy atom. The number of nitrogens with zero attached hydrogens (tertiary/aromatic N) is 2. The molecule has 50 heavy (non-hydrogen) atoms. The van der Waals surface area contributed by atoms with Crippen molar-refractivity contribution in [2.75, 3.05) is 0 Å². The highest BCUT2D eigenvalue weighted by molar-refractivity contribution is 5.07. The van der Waals surface area contributed by atoms with E-state index in [4.69, 9.17) is 0 Å². The van der Waals surface area contributed by atoms with Gasteiger partial charge in [-0.15, -0.1) is 0 Å². The topological polar surface area (TPSA) is 6.48 Å². The maximum absolute atomic E-state index is 3.37. The van der Waals surface area contributed by atoms with E-state index in [2.05, 4.69) is 37.5 Å². The molecule has 8 saturated carbocycles. The van der Waals surface area contributed by atoms with Crippen LogP contribution >= 0.6 is 0 Å². The third-order valence-electron chi connectivity index (χ3n) is 18.2. The molecule has 286 valence electrons. The Hall–Kier alpha value is -0.0800. The Morgan fingerprint density at radius 3 is 0.940 bits per heavy atom. The van der Waals surface area contributed by atoms with Gasteiger partial charge in [0.15, 0.2) is 0 Å². The Labute approximate surface area is 311 Å².